The Morgan fingerprint density at radius 1 is 1.29 bits per heavy atom. The highest BCUT2D eigenvalue weighted by Crippen LogP contribution is 2.38. The number of anilines is 1. The summed E-state index contributed by atoms with van der Waals surface area (Å²) in [6, 6.07) is 6.34. The molecule has 6 heteroatoms. The van der Waals surface area contributed by atoms with E-state index in [0.717, 1.165) is 19.2 Å². The molecular formula is C15H20N2O3S. The summed E-state index contributed by atoms with van der Waals surface area (Å²) >= 11 is 0. The van der Waals surface area contributed by atoms with E-state index in [1.165, 1.54) is 18.9 Å². The zero-order valence-corrected chi connectivity index (χ0v) is 12.8. The highest BCUT2D eigenvalue weighted by Gasteiger charge is 2.42. The van der Waals surface area contributed by atoms with Crippen LogP contribution in [0.25, 0.3) is 0 Å². The van der Waals surface area contributed by atoms with E-state index in [0.29, 0.717) is 17.5 Å². The highest BCUT2D eigenvalue weighted by atomic mass is 32.2. The van der Waals surface area contributed by atoms with E-state index in [-0.39, 0.29) is 16.8 Å². The summed E-state index contributed by atoms with van der Waals surface area (Å²) in [5, 5.41) is 6.07. The quantitative estimate of drug-likeness (QED) is 0.885. The maximum Gasteiger partial charge on any atom is 0.241 e. The molecule has 114 valence electrons. The minimum atomic E-state index is -3.36. The van der Waals surface area contributed by atoms with Gasteiger partial charge in [-0.3, -0.25) is 4.79 Å². The second kappa shape index (κ2) is 5.42. The first kappa shape index (κ1) is 14.5. The summed E-state index contributed by atoms with van der Waals surface area (Å²) in [4.78, 5) is 12.6. The van der Waals surface area contributed by atoms with Gasteiger partial charge >= 0.3 is 0 Å². The second-order valence-electron chi connectivity index (χ2n) is 6.00. The summed E-state index contributed by atoms with van der Waals surface area (Å²) in [6.07, 6.45) is 4.59. The Morgan fingerprint density at radius 2 is 2.05 bits per heavy atom. The van der Waals surface area contributed by atoms with Crippen LogP contribution < -0.4 is 10.6 Å². The van der Waals surface area contributed by atoms with Crippen molar-refractivity contribution in [1.29, 1.82) is 0 Å². The molecule has 0 spiro atoms. The fraction of sp³-hybridized carbons (Fsp3) is 0.533. The molecular weight excluding hydrogens is 288 g/mol. The lowest BCUT2D eigenvalue weighted by Gasteiger charge is -2.18. The van der Waals surface area contributed by atoms with Gasteiger partial charge in [0, 0.05) is 6.26 Å². The topological polar surface area (TPSA) is 75.3 Å². The SMILES string of the molecule is CS(=O)(=O)c1ccccc1NC(=O)C1NCC2CCCC21. The van der Waals surface area contributed by atoms with Crippen molar-refractivity contribution < 1.29 is 13.2 Å². The number of sulfone groups is 1. The van der Waals surface area contributed by atoms with Crippen molar-refractivity contribution in [3.8, 4) is 0 Å². The van der Waals surface area contributed by atoms with Crippen molar-refractivity contribution in [1.82, 2.24) is 5.32 Å². The Kier molecular flexibility index (Phi) is 3.75. The average molecular weight is 308 g/mol. The van der Waals surface area contributed by atoms with Gasteiger partial charge in [-0.2, -0.15) is 0 Å². The lowest BCUT2D eigenvalue weighted by Crippen LogP contribution is -2.40. The third kappa shape index (κ3) is 2.82. The van der Waals surface area contributed by atoms with Crippen LogP contribution in [-0.4, -0.2) is 33.2 Å². The van der Waals surface area contributed by atoms with Gasteiger partial charge in [0.1, 0.15) is 0 Å². The molecule has 1 amide bonds. The Balaban J connectivity index is 1.80. The molecule has 1 saturated heterocycles. The van der Waals surface area contributed by atoms with Crippen molar-refractivity contribution in [3.05, 3.63) is 24.3 Å². The fourth-order valence-corrected chi connectivity index (χ4v) is 4.42. The van der Waals surface area contributed by atoms with Gasteiger partial charge in [-0.1, -0.05) is 18.6 Å². The minimum Gasteiger partial charge on any atom is -0.324 e. The number of rotatable bonds is 3. The van der Waals surface area contributed by atoms with Gasteiger partial charge in [-0.25, -0.2) is 8.42 Å². The molecule has 2 N–H and O–H groups in total. The average Bonchev–Trinajstić information content (AvgIpc) is 2.99. The number of hydrogen-bond acceptors (Lipinski definition) is 4. The van der Waals surface area contributed by atoms with Gasteiger partial charge < -0.3 is 10.6 Å². The van der Waals surface area contributed by atoms with E-state index < -0.39 is 9.84 Å². The zero-order valence-electron chi connectivity index (χ0n) is 12.0. The summed E-state index contributed by atoms with van der Waals surface area (Å²) < 4.78 is 23.5. The van der Waals surface area contributed by atoms with Crippen LogP contribution in [0.2, 0.25) is 0 Å². The molecule has 0 aromatic heterocycles. The van der Waals surface area contributed by atoms with E-state index >= 15 is 0 Å². The smallest absolute Gasteiger partial charge is 0.241 e. The highest BCUT2D eigenvalue weighted by molar-refractivity contribution is 7.90. The number of nitrogens with one attached hydrogen (secondary N) is 2. The number of para-hydroxylation sites is 1. The van der Waals surface area contributed by atoms with E-state index in [4.69, 9.17) is 0 Å². The fourth-order valence-electron chi connectivity index (χ4n) is 3.58. The molecule has 1 heterocycles. The summed E-state index contributed by atoms with van der Waals surface area (Å²) in [6.45, 7) is 0.885. The molecule has 0 radical (unpaired) electrons. The Morgan fingerprint density at radius 3 is 2.81 bits per heavy atom. The number of carbonyl (C=O) groups excluding carboxylic acids is 1. The van der Waals surface area contributed by atoms with E-state index in [1.54, 1.807) is 18.2 Å². The second-order valence-corrected chi connectivity index (χ2v) is 7.98. The number of carbonyl (C=O) groups is 1. The molecule has 1 aromatic carbocycles. The van der Waals surface area contributed by atoms with E-state index in [1.807, 2.05) is 0 Å². The Hall–Kier alpha value is -1.40. The molecule has 0 bridgehead atoms. The molecule has 1 saturated carbocycles. The van der Waals surface area contributed by atoms with Crippen LogP contribution in [-0.2, 0) is 14.6 Å². The molecule has 3 atom stereocenters. The first-order valence-corrected chi connectivity index (χ1v) is 9.19. The predicted octanol–water partition coefficient (Wildman–Crippen LogP) is 1.42. The molecule has 1 aliphatic carbocycles. The maximum absolute atomic E-state index is 12.5. The molecule has 2 aliphatic rings. The van der Waals surface area contributed by atoms with Gasteiger partial charge in [-0.15, -0.1) is 0 Å². The van der Waals surface area contributed by atoms with Crippen molar-refractivity contribution in [2.45, 2.75) is 30.2 Å². The van der Waals surface area contributed by atoms with E-state index in [9.17, 15) is 13.2 Å². The van der Waals surface area contributed by atoms with Crippen LogP contribution in [0.3, 0.4) is 0 Å². The van der Waals surface area contributed by atoms with Gasteiger partial charge in [0.25, 0.3) is 0 Å². The Bertz CT molecular complexity index is 657. The molecule has 2 fully saturated rings. The first-order chi connectivity index (χ1) is 9.97. The van der Waals surface area contributed by atoms with Crippen LogP contribution in [0.5, 0.6) is 0 Å². The summed E-state index contributed by atoms with van der Waals surface area (Å²) in [5.41, 5.74) is 0.369. The van der Waals surface area contributed by atoms with Crippen molar-refractivity contribution >= 4 is 21.4 Å². The Labute approximate surface area is 125 Å². The first-order valence-electron chi connectivity index (χ1n) is 7.30. The van der Waals surface area contributed by atoms with Crippen molar-refractivity contribution in [2.24, 2.45) is 11.8 Å². The molecule has 21 heavy (non-hydrogen) atoms. The largest absolute Gasteiger partial charge is 0.324 e. The standard InChI is InChI=1S/C15H20N2O3S/c1-21(19,20)13-8-3-2-7-12(13)17-15(18)14-11-6-4-5-10(11)9-16-14/h2-3,7-8,10-11,14,16H,4-6,9H2,1H3,(H,17,18). The van der Waals surface area contributed by atoms with Crippen LogP contribution >= 0.6 is 0 Å². The lowest BCUT2D eigenvalue weighted by atomic mass is 9.93. The number of fused-ring (bicyclic) bond motifs is 1. The third-order valence-corrected chi connectivity index (χ3v) is 5.73. The van der Waals surface area contributed by atoms with Crippen molar-refractivity contribution in [2.75, 3.05) is 18.1 Å². The number of amides is 1. The molecule has 5 nitrogen and oxygen atoms in total. The third-order valence-electron chi connectivity index (χ3n) is 4.57. The number of benzene rings is 1. The normalized spacial score (nSPS) is 28.3. The lowest BCUT2D eigenvalue weighted by molar-refractivity contribution is -0.118. The van der Waals surface area contributed by atoms with Crippen LogP contribution in [0.1, 0.15) is 19.3 Å². The van der Waals surface area contributed by atoms with Gasteiger partial charge in [0.05, 0.1) is 16.6 Å². The molecule has 3 rings (SSSR count). The van der Waals surface area contributed by atoms with Crippen LogP contribution in [0.4, 0.5) is 5.69 Å². The van der Waals surface area contributed by atoms with E-state index in [2.05, 4.69) is 10.6 Å². The minimum absolute atomic E-state index is 0.125. The molecule has 3 unspecified atom stereocenters. The van der Waals surface area contributed by atoms with Crippen molar-refractivity contribution in [3.63, 3.8) is 0 Å². The van der Waals surface area contributed by atoms with Gasteiger partial charge in [0.2, 0.25) is 5.91 Å². The predicted molar refractivity (Wildman–Crippen MR) is 80.8 cm³/mol. The molecule has 1 aromatic rings. The monoisotopic (exact) mass is 308 g/mol. The summed E-state index contributed by atoms with van der Waals surface area (Å²) in [5.74, 6) is 0.849. The molecule has 1 aliphatic heterocycles. The van der Waals surface area contributed by atoms with Gasteiger partial charge in [-0.05, 0) is 43.4 Å². The van der Waals surface area contributed by atoms with Crippen LogP contribution in [0.15, 0.2) is 29.2 Å². The maximum atomic E-state index is 12.5. The van der Waals surface area contributed by atoms with Crippen LogP contribution in [0, 0.1) is 11.8 Å². The zero-order chi connectivity index (χ0) is 15.0. The number of hydrogen-bond donors (Lipinski definition) is 2. The summed E-state index contributed by atoms with van der Waals surface area (Å²) in [7, 11) is -3.36. The van der Waals surface area contributed by atoms with Gasteiger partial charge in [0.15, 0.2) is 9.84 Å².